The molecule has 2 unspecified atom stereocenters. The van der Waals surface area contributed by atoms with Crippen LogP contribution in [0.5, 0.6) is 0 Å². The summed E-state index contributed by atoms with van der Waals surface area (Å²) in [5.74, 6) is 0. The predicted molar refractivity (Wildman–Crippen MR) is 75.4 cm³/mol. The summed E-state index contributed by atoms with van der Waals surface area (Å²) in [6.45, 7) is 2.12. The fourth-order valence-electron chi connectivity index (χ4n) is 1.58. The van der Waals surface area contributed by atoms with Crippen molar-refractivity contribution in [2.75, 3.05) is 0 Å². The van der Waals surface area contributed by atoms with Crippen LogP contribution in [0.1, 0.15) is 24.3 Å². The lowest BCUT2D eigenvalue weighted by atomic mass is 10.1. The van der Waals surface area contributed by atoms with Gasteiger partial charge < -0.3 is 5.73 Å². The molecule has 2 rings (SSSR count). The second kappa shape index (κ2) is 6.19. The Morgan fingerprint density at radius 3 is 2.82 bits per heavy atom. The molecular formula is C13H16N2S2. The lowest BCUT2D eigenvalue weighted by Gasteiger charge is -2.21. The molecule has 17 heavy (non-hydrogen) atoms. The van der Waals surface area contributed by atoms with Crippen molar-refractivity contribution in [3.8, 4) is 0 Å². The summed E-state index contributed by atoms with van der Waals surface area (Å²) in [5.41, 5.74) is 7.28. The molecule has 2 aromatic heterocycles. The second-order valence-corrected chi connectivity index (χ2v) is 6.19. The topological polar surface area (TPSA) is 38.9 Å². The van der Waals surface area contributed by atoms with Gasteiger partial charge in [0.15, 0.2) is 0 Å². The SMILES string of the molecule is CCC(N)C(Sc1cccs1)c1ccccn1. The van der Waals surface area contributed by atoms with E-state index in [2.05, 4.69) is 35.5 Å². The lowest BCUT2D eigenvalue weighted by Crippen LogP contribution is -2.26. The molecule has 0 aliphatic rings. The van der Waals surface area contributed by atoms with Gasteiger partial charge >= 0.3 is 0 Å². The number of nitrogens with zero attached hydrogens (tertiary/aromatic N) is 1. The van der Waals surface area contributed by atoms with E-state index in [0.717, 1.165) is 12.1 Å². The average Bonchev–Trinajstić information content (AvgIpc) is 2.89. The molecule has 0 aromatic carbocycles. The van der Waals surface area contributed by atoms with E-state index >= 15 is 0 Å². The Morgan fingerprint density at radius 1 is 1.35 bits per heavy atom. The summed E-state index contributed by atoms with van der Waals surface area (Å²) in [7, 11) is 0. The fraction of sp³-hybridized carbons (Fsp3) is 0.308. The molecule has 0 spiro atoms. The summed E-state index contributed by atoms with van der Waals surface area (Å²) in [5, 5.41) is 2.33. The van der Waals surface area contributed by atoms with Gasteiger partial charge in [-0.3, -0.25) is 4.98 Å². The maximum atomic E-state index is 6.21. The van der Waals surface area contributed by atoms with Gasteiger partial charge in [0.2, 0.25) is 0 Å². The highest BCUT2D eigenvalue weighted by Gasteiger charge is 2.21. The number of hydrogen-bond donors (Lipinski definition) is 1. The number of hydrogen-bond acceptors (Lipinski definition) is 4. The number of aromatic nitrogens is 1. The molecule has 0 fully saturated rings. The quantitative estimate of drug-likeness (QED) is 0.837. The van der Waals surface area contributed by atoms with Crippen molar-refractivity contribution in [1.29, 1.82) is 0 Å². The minimum absolute atomic E-state index is 0.136. The highest BCUT2D eigenvalue weighted by molar-refractivity contribution is 8.01. The van der Waals surface area contributed by atoms with Crippen molar-refractivity contribution < 1.29 is 0 Å². The normalized spacial score (nSPS) is 14.5. The molecule has 2 atom stereocenters. The number of thiophene rings is 1. The largest absolute Gasteiger partial charge is 0.326 e. The number of nitrogens with two attached hydrogens (primary N) is 1. The Kier molecular flexibility index (Phi) is 4.59. The van der Waals surface area contributed by atoms with E-state index in [4.69, 9.17) is 5.73 Å². The van der Waals surface area contributed by atoms with Crippen LogP contribution in [0, 0.1) is 0 Å². The maximum absolute atomic E-state index is 6.21. The van der Waals surface area contributed by atoms with Crippen molar-refractivity contribution in [1.82, 2.24) is 4.98 Å². The summed E-state index contributed by atoms with van der Waals surface area (Å²) >= 11 is 3.57. The van der Waals surface area contributed by atoms with Crippen molar-refractivity contribution in [3.63, 3.8) is 0 Å². The van der Waals surface area contributed by atoms with Crippen LogP contribution in [0.2, 0.25) is 0 Å². The van der Waals surface area contributed by atoms with Crippen molar-refractivity contribution in [2.45, 2.75) is 28.8 Å². The van der Waals surface area contributed by atoms with Gasteiger partial charge in [0.1, 0.15) is 0 Å². The van der Waals surface area contributed by atoms with E-state index in [-0.39, 0.29) is 11.3 Å². The van der Waals surface area contributed by atoms with E-state index in [0.29, 0.717) is 0 Å². The molecule has 0 aliphatic heterocycles. The number of thioether (sulfide) groups is 1. The van der Waals surface area contributed by atoms with Crippen LogP contribution >= 0.6 is 23.1 Å². The third-order valence-electron chi connectivity index (χ3n) is 2.58. The first-order valence-corrected chi connectivity index (χ1v) is 7.44. The lowest BCUT2D eigenvalue weighted by molar-refractivity contribution is 0.624. The van der Waals surface area contributed by atoms with Gasteiger partial charge in [-0.2, -0.15) is 0 Å². The molecule has 0 amide bonds. The van der Waals surface area contributed by atoms with Crippen LogP contribution in [0.4, 0.5) is 0 Å². The highest BCUT2D eigenvalue weighted by atomic mass is 32.2. The van der Waals surface area contributed by atoms with E-state index < -0.39 is 0 Å². The van der Waals surface area contributed by atoms with Gasteiger partial charge in [-0.05, 0) is 30.0 Å². The van der Waals surface area contributed by atoms with Crippen LogP contribution in [-0.4, -0.2) is 11.0 Å². The Morgan fingerprint density at radius 2 is 2.24 bits per heavy atom. The molecule has 90 valence electrons. The molecule has 2 heterocycles. The van der Waals surface area contributed by atoms with Crippen LogP contribution < -0.4 is 5.73 Å². The first-order valence-electron chi connectivity index (χ1n) is 5.68. The summed E-state index contributed by atoms with van der Waals surface area (Å²) in [6, 6.07) is 10.4. The fourth-order valence-corrected chi connectivity index (χ4v) is 3.76. The Balaban J connectivity index is 2.20. The molecule has 0 radical (unpaired) electrons. The summed E-state index contributed by atoms with van der Waals surface area (Å²) in [6.07, 6.45) is 2.79. The Bertz CT molecular complexity index is 428. The van der Waals surface area contributed by atoms with Gasteiger partial charge in [0.25, 0.3) is 0 Å². The van der Waals surface area contributed by atoms with Crippen molar-refractivity contribution >= 4 is 23.1 Å². The number of pyridine rings is 1. The highest BCUT2D eigenvalue weighted by Crippen LogP contribution is 2.39. The average molecular weight is 264 g/mol. The van der Waals surface area contributed by atoms with E-state index in [1.807, 2.05) is 30.1 Å². The molecule has 0 bridgehead atoms. The molecule has 4 heteroatoms. The first-order chi connectivity index (χ1) is 8.31. The Labute approximate surface area is 110 Å². The van der Waals surface area contributed by atoms with E-state index in [1.54, 1.807) is 11.3 Å². The predicted octanol–water partition coefficient (Wildman–Crippen LogP) is 3.71. The van der Waals surface area contributed by atoms with E-state index in [1.165, 1.54) is 4.21 Å². The van der Waals surface area contributed by atoms with Crippen LogP contribution in [-0.2, 0) is 0 Å². The van der Waals surface area contributed by atoms with Gasteiger partial charge in [-0.1, -0.05) is 19.1 Å². The molecule has 0 saturated heterocycles. The summed E-state index contributed by atoms with van der Waals surface area (Å²) < 4.78 is 1.30. The first kappa shape index (κ1) is 12.6. The van der Waals surface area contributed by atoms with Gasteiger partial charge in [0.05, 0.1) is 15.2 Å². The Hall–Kier alpha value is -0.840. The summed E-state index contributed by atoms with van der Waals surface area (Å²) in [4.78, 5) is 4.43. The molecular weight excluding hydrogens is 248 g/mol. The zero-order valence-electron chi connectivity index (χ0n) is 9.74. The molecule has 0 aliphatic carbocycles. The van der Waals surface area contributed by atoms with Gasteiger partial charge in [0, 0.05) is 12.2 Å². The van der Waals surface area contributed by atoms with E-state index in [9.17, 15) is 0 Å². The van der Waals surface area contributed by atoms with Crippen LogP contribution in [0.25, 0.3) is 0 Å². The standard InChI is InChI=1S/C13H16N2S2/c1-2-10(14)13(11-6-3-4-8-15-11)17-12-7-5-9-16-12/h3-10,13H,2,14H2,1H3. The maximum Gasteiger partial charge on any atom is 0.0675 e. The van der Waals surface area contributed by atoms with Gasteiger partial charge in [-0.25, -0.2) is 0 Å². The smallest absolute Gasteiger partial charge is 0.0675 e. The monoisotopic (exact) mass is 264 g/mol. The van der Waals surface area contributed by atoms with Gasteiger partial charge in [-0.15, -0.1) is 23.1 Å². The zero-order chi connectivity index (χ0) is 12.1. The molecule has 0 saturated carbocycles. The molecule has 2 nitrogen and oxygen atoms in total. The third-order valence-corrected chi connectivity index (χ3v) is 5.03. The third kappa shape index (κ3) is 3.31. The second-order valence-electron chi connectivity index (χ2n) is 3.80. The van der Waals surface area contributed by atoms with Crippen LogP contribution in [0.15, 0.2) is 46.1 Å². The number of rotatable bonds is 5. The minimum Gasteiger partial charge on any atom is -0.326 e. The zero-order valence-corrected chi connectivity index (χ0v) is 11.4. The van der Waals surface area contributed by atoms with Crippen molar-refractivity contribution in [2.24, 2.45) is 5.73 Å². The molecule has 2 aromatic rings. The van der Waals surface area contributed by atoms with Crippen molar-refractivity contribution in [3.05, 3.63) is 47.6 Å². The minimum atomic E-state index is 0.136. The van der Waals surface area contributed by atoms with Crippen LogP contribution in [0.3, 0.4) is 0 Å². The molecule has 2 N–H and O–H groups in total.